The van der Waals surface area contributed by atoms with Crippen molar-refractivity contribution in [3.05, 3.63) is 84.1 Å². The van der Waals surface area contributed by atoms with Crippen LogP contribution in [-0.4, -0.2) is 11.0 Å². The second-order valence-electron chi connectivity index (χ2n) is 5.84. The summed E-state index contributed by atoms with van der Waals surface area (Å²) in [4.78, 5) is 17.0. The van der Waals surface area contributed by atoms with Gasteiger partial charge in [-0.05, 0) is 43.5 Å². The number of allylic oxidation sites excluding steroid dienone is 1. The molecule has 0 unspecified atom stereocenters. The highest BCUT2D eigenvalue weighted by atomic mass is 16.5. The predicted molar refractivity (Wildman–Crippen MR) is 96.3 cm³/mol. The minimum atomic E-state index is -0.387. The Morgan fingerprint density at radius 3 is 2.71 bits per heavy atom. The van der Waals surface area contributed by atoms with Crippen LogP contribution < -0.4 is 4.74 Å². The first-order valence-corrected chi connectivity index (χ1v) is 7.93. The molecule has 0 aliphatic rings. The molecule has 0 saturated heterocycles. The largest absolute Gasteiger partial charge is 0.423 e. The van der Waals surface area contributed by atoms with Crippen molar-refractivity contribution < 1.29 is 9.53 Å². The van der Waals surface area contributed by atoms with Crippen molar-refractivity contribution in [2.45, 2.75) is 19.8 Å². The highest BCUT2D eigenvalue weighted by molar-refractivity contribution is 6.03. The van der Waals surface area contributed by atoms with Gasteiger partial charge in [0.15, 0.2) is 0 Å². The van der Waals surface area contributed by atoms with E-state index in [-0.39, 0.29) is 5.97 Å². The van der Waals surface area contributed by atoms with E-state index in [2.05, 4.69) is 11.6 Å². The highest BCUT2D eigenvalue weighted by Gasteiger charge is 2.15. The molecule has 3 rings (SSSR count). The predicted octanol–water partition coefficient (Wildman–Crippen LogP) is 4.96. The number of hydrogen-bond acceptors (Lipinski definition) is 3. The highest BCUT2D eigenvalue weighted by Crippen LogP contribution is 2.23. The minimum Gasteiger partial charge on any atom is -0.423 e. The van der Waals surface area contributed by atoms with Gasteiger partial charge in [0.25, 0.3) is 0 Å². The molecular formula is C21H19NO2. The standard InChI is InChI=1S/C21H19NO2/c1-15(2)12-13-16-7-3-4-11-19(16)24-21(23)18-10-5-8-17-9-6-14-22-20(17)18/h3-11,14H,1,12-13H2,2H3. The summed E-state index contributed by atoms with van der Waals surface area (Å²) in [6.45, 7) is 5.92. The number of aryl methyl sites for hydroxylation is 1. The van der Waals surface area contributed by atoms with Gasteiger partial charge in [0.2, 0.25) is 0 Å². The molecule has 0 fully saturated rings. The van der Waals surface area contributed by atoms with Crippen LogP contribution >= 0.6 is 0 Å². The van der Waals surface area contributed by atoms with Crippen molar-refractivity contribution in [2.75, 3.05) is 0 Å². The Morgan fingerprint density at radius 1 is 1.08 bits per heavy atom. The molecule has 1 heterocycles. The van der Waals surface area contributed by atoms with E-state index in [1.54, 1.807) is 12.3 Å². The molecule has 3 heteroatoms. The molecule has 0 spiro atoms. The zero-order valence-corrected chi connectivity index (χ0v) is 13.7. The lowest BCUT2D eigenvalue weighted by Crippen LogP contribution is -2.11. The Morgan fingerprint density at radius 2 is 1.88 bits per heavy atom. The van der Waals surface area contributed by atoms with E-state index in [0.29, 0.717) is 16.8 Å². The molecule has 0 atom stereocenters. The normalized spacial score (nSPS) is 10.5. The third-order valence-electron chi connectivity index (χ3n) is 3.85. The molecule has 0 bridgehead atoms. The summed E-state index contributed by atoms with van der Waals surface area (Å²) in [5.74, 6) is 0.207. The molecule has 0 aliphatic heterocycles. The fourth-order valence-corrected chi connectivity index (χ4v) is 2.58. The Bertz CT molecular complexity index is 894. The van der Waals surface area contributed by atoms with Crippen LogP contribution in [0.15, 0.2) is 72.9 Å². The van der Waals surface area contributed by atoms with Crippen molar-refractivity contribution in [3.8, 4) is 5.75 Å². The van der Waals surface area contributed by atoms with Gasteiger partial charge in [0.05, 0.1) is 11.1 Å². The molecule has 0 saturated carbocycles. The molecule has 24 heavy (non-hydrogen) atoms. The van der Waals surface area contributed by atoms with E-state index >= 15 is 0 Å². The molecule has 0 amide bonds. The van der Waals surface area contributed by atoms with Crippen molar-refractivity contribution in [2.24, 2.45) is 0 Å². The topological polar surface area (TPSA) is 39.2 Å². The summed E-state index contributed by atoms with van der Waals surface area (Å²) >= 11 is 0. The van der Waals surface area contributed by atoms with Crippen LogP contribution in [0.2, 0.25) is 0 Å². The van der Waals surface area contributed by atoms with Gasteiger partial charge >= 0.3 is 5.97 Å². The number of pyridine rings is 1. The van der Waals surface area contributed by atoms with Crippen LogP contribution in [0.5, 0.6) is 5.75 Å². The Balaban J connectivity index is 1.88. The Labute approximate surface area is 141 Å². The van der Waals surface area contributed by atoms with Gasteiger partial charge in [-0.3, -0.25) is 4.98 Å². The molecule has 3 nitrogen and oxygen atoms in total. The summed E-state index contributed by atoms with van der Waals surface area (Å²) in [7, 11) is 0. The number of hydrogen-bond donors (Lipinski definition) is 0. The third kappa shape index (κ3) is 3.51. The number of ether oxygens (including phenoxy) is 1. The molecule has 2 aromatic carbocycles. The number of carbonyl (C=O) groups is 1. The van der Waals surface area contributed by atoms with Gasteiger partial charge in [0.1, 0.15) is 5.75 Å². The maximum atomic E-state index is 12.6. The maximum absolute atomic E-state index is 12.6. The quantitative estimate of drug-likeness (QED) is 0.379. The van der Waals surface area contributed by atoms with Gasteiger partial charge < -0.3 is 4.74 Å². The summed E-state index contributed by atoms with van der Waals surface area (Å²) in [6.07, 6.45) is 3.34. The lowest BCUT2D eigenvalue weighted by molar-refractivity contribution is 0.0735. The number of para-hydroxylation sites is 2. The first-order valence-electron chi connectivity index (χ1n) is 7.93. The molecule has 0 N–H and O–H groups in total. The van der Waals surface area contributed by atoms with Gasteiger partial charge in [-0.2, -0.15) is 0 Å². The van der Waals surface area contributed by atoms with Crippen molar-refractivity contribution in [1.82, 2.24) is 4.98 Å². The molecule has 1 aromatic heterocycles. The van der Waals surface area contributed by atoms with Crippen LogP contribution in [0, 0.1) is 0 Å². The van der Waals surface area contributed by atoms with Crippen molar-refractivity contribution >= 4 is 16.9 Å². The number of benzene rings is 2. The molecule has 0 radical (unpaired) electrons. The first-order chi connectivity index (χ1) is 11.6. The number of esters is 1. The van der Waals surface area contributed by atoms with Crippen molar-refractivity contribution in [1.29, 1.82) is 0 Å². The summed E-state index contributed by atoms with van der Waals surface area (Å²) < 4.78 is 5.66. The van der Waals surface area contributed by atoms with E-state index < -0.39 is 0 Å². The van der Waals surface area contributed by atoms with Crippen LogP contribution in [0.25, 0.3) is 10.9 Å². The van der Waals surface area contributed by atoms with Crippen LogP contribution in [0.1, 0.15) is 29.3 Å². The van der Waals surface area contributed by atoms with E-state index in [1.807, 2.05) is 55.5 Å². The van der Waals surface area contributed by atoms with Crippen LogP contribution in [-0.2, 0) is 6.42 Å². The second kappa shape index (κ2) is 7.09. The van der Waals surface area contributed by atoms with Crippen LogP contribution in [0.3, 0.4) is 0 Å². The molecular weight excluding hydrogens is 298 g/mol. The monoisotopic (exact) mass is 317 g/mol. The van der Waals surface area contributed by atoms with E-state index in [0.717, 1.165) is 29.4 Å². The lowest BCUT2D eigenvalue weighted by atomic mass is 10.1. The maximum Gasteiger partial charge on any atom is 0.345 e. The second-order valence-corrected chi connectivity index (χ2v) is 5.84. The molecule has 120 valence electrons. The average Bonchev–Trinajstić information content (AvgIpc) is 2.60. The van der Waals surface area contributed by atoms with E-state index in [4.69, 9.17) is 4.74 Å². The summed E-state index contributed by atoms with van der Waals surface area (Å²) in [5.41, 5.74) is 3.24. The molecule has 3 aromatic rings. The Hall–Kier alpha value is -2.94. The van der Waals surface area contributed by atoms with Gasteiger partial charge in [-0.25, -0.2) is 4.79 Å². The SMILES string of the molecule is C=C(C)CCc1ccccc1OC(=O)c1cccc2cccnc12. The van der Waals surface area contributed by atoms with E-state index in [1.165, 1.54) is 0 Å². The van der Waals surface area contributed by atoms with Gasteiger partial charge in [-0.1, -0.05) is 42.0 Å². The smallest absolute Gasteiger partial charge is 0.345 e. The zero-order chi connectivity index (χ0) is 16.9. The number of nitrogens with zero attached hydrogens (tertiary/aromatic N) is 1. The zero-order valence-electron chi connectivity index (χ0n) is 13.7. The van der Waals surface area contributed by atoms with Gasteiger partial charge in [0, 0.05) is 11.6 Å². The van der Waals surface area contributed by atoms with Crippen LogP contribution in [0.4, 0.5) is 0 Å². The number of aromatic nitrogens is 1. The number of rotatable bonds is 5. The first kappa shape index (κ1) is 15.9. The summed E-state index contributed by atoms with van der Waals surface area (Å²) in [6, 6.07) is 16.9. The minimum absolute atomic E-state index is 0.387. The van der Waals surface area contributed by atoms with Gasteiger partial charge in [-0.15, -0.1) is 6.58 Å². The Kier molecular flexibility index (Phi) is 4.71. The lowest BCUT2D eigenvalue weighted by Gasteiger charge is -2.11. The van der Waals surface area contributed by atoms with Crippen molar-refractivity contribution in [3.63, 3.8) is 0 Å². The fraction of sp³-hybridized carbons (Fsp3) is 0.143. The number of carbonyl (C=O) groups excluding carboxylic acids is 1. The van der Waals surface area contributed by atoms with E-state index in [9.17, 15) is 4.79 Å². The molecule has 0 aliphatic carbocycles. The summed E-state index contributed by atoms with van der Waals surface area (Å²) in [5, 5.41) is 0.919. The number of fused-ring (bicyclic) bond motifs is 1. The average molecular weight is 317 g/mol. The third-order valence-corrected chi connectivity index (χ3v) is 3.85. The fourth-order valence-electron chi connectivity index (χ4n) is 2.58.